The molecule has 0 aliphatic carbocycles. The van der Waals surface area contributed by atoms with E-state index in [1.807, 2.05) is 44.2 Å². The third-order valence-corrected chi connectivity index (χ3v) is 5.52. The summed E-state index contributed by atoms with van der Waals surface area (Å²) in [5, 5.41) is 2.61. The lowest BCUT2D eigenvalue weighted by atomic mass is 10.1. The minimum absolute atomic E-state index is 0.0845. The number of amides is 1. The van der Waals surface area contributed by atoms with Crippen molar-refractivity contribution in [1.82, 2.24) is 4.72 Å². The summed E-state index contributed by atoms with van der Waals surface area (Å²) in [5.41, 5.74) is 1.50. The minimum Gasteiger partial charge on any atom is -0.492 e. The smallest absolute Gasteiger partial charge is 0.240 e. The van der Waals surface area contributed by atoms with Crippen molar-refractivity contribution in [3.63, 3.8) is 0 Å². The van der Waals surface area contributed by atoms with Crippen LogP contribution in [0.2, 0.25) is 0 Å². The number of ether oxygens (including phenoxy) is 1. The topological polar surface area (TPSA) is 84.5 Å². The summed E-state index contributed by atoms with van der Waals surface area (Å²) in [4.78, 5) is 11.5. The van der Waals surface area contributed by atoms with E-state index in [-0.39, 0.29) is 16.8 Å². The van der Waals surface area contributed by atoms with Crippen LogP contribution in [0.4, 0.5) is 5.69 Å². The van der Waals surface area contributed by atoms with Gasteiger partial charge >= 0.3 is 0 Å². The lowest BCUT2D eigenvalue weighted by Gasteiger charge is -2.16. The fourth-order valence-corrected chi connectivity index (χ4v) is 3.97. The number of aryl methyl sites for hydroxylation is 1. The first-order valence-electron chi connectivity index (χ1n) is 8.92. The molecule has 0 bridgehead atoms. The number of sulfonamides is 1. The number of carbonyl (C=O) groups is 1. The van der Waals surface area contributed by atoms with Gasteiger partial charge in [-0.3, -0.25) is 4.79 Å². The highest BCUT2D eigenvalue weighted by Crippen LogP contribution is 2.28. The average molecular weight is 391 g/mol. The molecule has 2 rings (SSSR count). The summed E-state index contributed by atoms with van der Waals surface area (Å²) >= 11 is 0. The van der Waals surface area contributed by atoms with Gasteiger partial charge in [-0.05, 0) is 50.5 Å². The monoisotopic (exact) mass is 390 g/mol. The number of benzene rings is 2. The van der Waals surface area contributed by atoms with E-state index in [0.29, 0.717) is 24.5 Å². The summed E-state index contributed by atoms with van der Waals surface area (Å²) in [6, 6.07) is 14.1. The minimum atomic E-state index is -3.71. The highest BCUT2D eigenvalue weighted by atomic mass is 32.2. The Morgan fingerprint density at radius 2 is 1.85 bits per heavy atom. The van der Waals surface area contributed by atoms with Gasteiger partial charge in [-0.25, -0.2) is 13.1 Å². The SMILES string of the molecule is CCOc1ccc(S(=O)(=O)N[C@@H](C)CCc2ccccc2)cc1NC(C)=O. The van der Waals surface area contributed by atoms with E-state index >= 15 is 0 Å². The summed E-state index contributed by atoms with van der Waals surface area (Å²) in [6.07, 6.45) is 1.46. The standard InChI is InChI=1S/C20H26N2O4S/c1-4-26-20-13-12-18(14-19(20)21-16(3)23)27(24,25)22-15(2)10-11-17-8-6-5-7-9-17/h5-9,12-15,22H,4,10-11H2,1-3H3,(H,21,23)/t15-/m0/s1. The molecule has 1 atom stereocenters. The van der Waals surface area contributed by atoms with Crippen molar-refractivity contribution in [3.8, 4) is 5.75 Å². The predicted molar refractivity (Wildman–Crippen MR) is 106 cm³/mol. The number of nitrogens with one attached hydrogen (secondary N) is 2. The molecule has 6 nitrogen and oxygen atoms in total. The average Bonchev–Trinajstić information content (AvgIpc) is 2.61. The second-order valence-electron chi connectivity index (χ2n) is 6.32. The molecule has 0 spiro atoms. The van der Waals surface area contributed by atoms with E-state index in [9.17, 15) is 13.2 Å². The van der Waals surface area contributed by atoms with Gasteiger partial charge in [0.1, 0.15) is 5.75 Å². The summed E-state index contributed by atoms with van der Waals surface area (Å²) in [6.45, 7) is 5.43. The van der Waals surface area contributed by atoms with Crippen molar-refractivity contribution in [2.24, 2.45) is 0 Å². The van der Waals surface area contributed by atoms with Crippen molar-refractivity contribution >= 4 is 21.6 Å². The molecule has 0 saturated heterocycles. The van der Waals surface area contributed by atoms with Crippen LogP contribution in [0.1, 0.15) is 32.8 Å². The quantitative estimate of drug-likeness (QED) is 0.688. The third kappa shape index (κ3) is 6.37. The Bertz CT molecular complexity index is 867. The zero-order valence-electron chi connectivity index (χ0n) is 15.9. The number of carbonyl (C=O) groups excluding carboxylic acids is 1. The molecule has 0 saturated carbocycles. The van der Waals surface area contributed by atoms with Crippen LogP contribution in [0.15, 0.2) is 53.4 Å². The molecule has 146 valence electrons. The van der Waals surface area contributed by atoms with Gasteiger partial charge < -0.3 is 10.1 Å². The van der Waals surface area contributed by atoms with Crippen LogP contribution in [0, 0.1) is 0 Å². The summed E-state index contributed by atoms with van der Waals surface area (Å²) in [5.74, 6) is 0.137. The van der Waals surface area contributed by atoms with Crippen LogP contribution in [0.3, 0.4) is 0 Å². The van der Waals surface area contributed by atoms with Crippen molar-refractivity contribution < 1.29 is 17.9 Å². The Morgan fingerprint density at radius 3 is 2.48 bits per heavy atom. The maximum Gasteiger partial charge on any atom is 0.240 e. The van der Waals surface area contributed by atoms with E-state index < -0.39 is 10.0 Å². The first kappa shape index (κ1) is 20.9. The van der Waals surface area contributed by atoms with E-state index in [1.54, 1.807) is 6.07 Å². The van der Waals surface area contributed by atoms with Crippen molar-refractivity contribution in [2.75, 3.05) is 11.9 Å². The molecule has 0 unspecified atom stereocenters. The first-order valence-corrected chi connectivity index (χ1v) is 10.4. The normalized spacial score (nSPS) is 12.4. The molecule has 27 heavy (non-hydrogen) atoms. The highest BCUT2D eigenvalue weighted by molar-refractivity contribution is 7.89. The van der Waals surface area contributed by atoms with Crippen LogP contribution in [-0.4, -0.2) is 27.0 Å². The van der Waals surface area contributed by atoms with Gasteiger partial charge in [-0.1, -0.05) is 30.3 Å². The Hall–Kier alpha value is -2.38. The molecule has 7 heteroatoms. The molecule has 0 aliphatic rings. The Balaban J connectivity index is 2.11. The Kier molecular flexibility index (Phi) is 7.38. The van der Waals surface area contributed by atoms with Crippen LogP contribution in [0.5, 0.6) is 5.75 Å². The molecular weight excluding hydrogens is 364 g/mol. The molecule has 2 N–H and O–H groups in total. The van der Waals surface area contributed by atoms with Gasteiger partial charge in [0.15, 0.2) is 0 Å². The maximum atomic E-state index is 12.7. The Morgan fingerprint density at radius 1 is 1.15 bits per heavy atom. The van der Waals surface area contributed by atoms with E-state index in [2.05, 4.69) is 10.0 Å². The number of hydrogen-bond acceptors (Lipinski definition) is 4. The van der Waals surface area contributed by atoms with Crippen LogP contribution in [0.25, 0.3) is 0 Å². The van der Waals surface area contributed by atoms with Crippen LogP contribution in [-0.2, 0) is 21.2 Å². The van der Waals surface area contributed by atoms with Gasteiger partial charge in [0.05, 0.1) is 17.2 Å². The molecule has 2 aromatic carbocycles. The zero-order valence-corrected chi connectivity index (χ0v) is 16.7. The molecule has 0 aliphatic heterocycles. The van der Waals surface area contributed by atoms with E-state index in [4.69, 9.17) is 4.74 Å². The lowest BCUT2D eigenvalue weighted by molar-refractivity contribution is -0.114. The first-order chi connectivity index (χ1) is 12.8. The Labute approximate surface area is 161 Å². The predicted octanol–water partition coefficient (Wildman–Crippen LogP) is 3.34. The van der Waals surface area contributed by atoms with Gasteiger partial charge in [0.25, 0.3) is 0 Å². The van der Waals surface area contributed by atoms with Crippen LogP contribution >= 0.6 is 0 Å². The summed E-state index contributed by atoms with van der Waals surface area (Å²) in [7, 11) is -3.71. The molecule has 0 aromatic heterocycles. The summed E-state index contributed by atoms with van der Waals surface area (Å²) < 4.78 is 33.5. The van der Waals surface area contributed by atoms with Crippen molar-refractivity contribution in [2.45, 2.75) is 44.6 Å². The molecule has 0 heterocycles. The van der Waals surface area contributed by atoms with Crippen molar-refractivity contribution in [3.05, 3.63) is 54.1 Å². The van der Waals surface area contributed by atoms with Gasteiger partial charge in [-0.2, -0.15) is 0 Å². The van der Waals surface area contributed by atoms with Gasteiger partial charge in [0.2, 0.25) is 15.9 Å². The number of anilines is 1. The second kappa shape index (κ2) is 9.53. The van der Waals surface area contributed by atoms with Crippen molar-refractivity contribution in [1.29, 1.82) is 0 Å². The molecule has 0 radical (unpaired) electrons. The number of hydrogen-bond donors (Lipinski definition) is 2. The highest BCUT2D eigenvalue weighted by Gasteiger charge is 2.19. The third-order valence-electron chi connectivity index (χ3n) is 3.94. The van der Waals surface area contributed by atoms with E-state index in [0.717, 1.165) is 12.0 Å². The molecular formula is C20H26N2O4S. The molecule has 2 aromatic rings. The molecule has 1 amide bonds. The fraction of sp³-hybridized carbons (Fsp3) is 0.350. The van der Waals surface area contributed by atoms with Gasteiger partial charge in [-0.15, -0.1) is 0 Å². The molecule has 0 fully saturated rings. The zero-order chi connectivity index (χ0) is 19.9. The second-order valence-corrected chi connectivity index (χ2v) is 8.03. The number of rotatable bonds is 9. The fourth-order valence-electron chi connectivity index (χ4n) is 2.66. The largest absolute Gasteiger partial charge is 0.492 e. The maximum absolute atomic E-state index is 12.7. The van der Waals surface area contributed by atoms with E-state index in [1.165, 1.54) is 19.1 Å². The van der Waals surface area contributed by atoms with Gasteiger partial charge in [0, 0.05) is 13.0 Å². The van der Waals surface area contributed by atoms with Crippen LogP contribution < -0.4 is 14.8 Å². The lowest BCUT2D eigenvalue weighted by Crippen LogP contribution is -2.33.